The molecule has 0 unspecified atom stereocenters. The standard InChI is InChI=1S/C30H32ClN5O3Si/c1-19-34-35-30-26(18-28(37)32-15-14-20-6-5-7-24(16-20)40(3,4)38)33-29(21-8-10-22(31)11-9-21)25-17-23(39-2)12-13-27(25)36(19)30/h5-13,16-17,26,38H,14-15,18H2,1-4H3,(H,32,37)/t26-/m0/s1. The highest BCUT2D eigenvalue weighted by Crippen LogP contribution is 2.34. The van der Waals surface area contributed by atoms with Crippen LogP contribution < -0.4 is 15.2 Å². The quantitative estimate of drug-likeness (QED) is 0.306. The van der Waals surface area contributed by atoms with E-state index in [2.05, 4.69) is 15.5 Å². The van der Waals surface area contributed by atoms with Crippen LogP contribution in [0.2, 0.25) is 18.1 Å². The van der Waals surface area contributed by atoms with E-state index in [0.717, 1.165) is 33.3 Å². The van der Waals surface area contributed by atoms with Gasteiger partial charge in [-0.25, -0.2) is 0 Å². The van der Waals surface area contributed by atoms with Crippen LogP contribution in [0.1, 0.15) is 40.8 Å². The fourth-order valence-electron chi connectivity index (χ4n) is 4.88. The largest absolute Gasteiger partial charge is 0.497 e. The van der Waals surface area contributed by atoms with Gasteiger partial charge in [0.05, 0.1) is 24.9 Å². The van der Waals surface area contributed by atoms with Crippen molar-refractivity contribution < 1.29 is 14.3 Å². The molecule has 3 aromatic carbocycles. The number of nitrogens with zero attached hydrogens (tertiary/aromatic N) is 4. The maximum atomic E-state index is 13.2. The third-order valence-corrected chi connectivity index (χ3v) is 8.97. The molecule has 1 atom stereocenters. The normalized spacial score (nSPS) is 14.6. The van der Waals surface area contributed by atoms with Gasteiger partial charge in [0.25, 0.3) is 0 Å². The highest BCUT2D eigenvalue weighted by molar-refractivity contribution is 6.83. The van der Waals surface area contributed by atoms with Crippen molar-refractivity contribution >= 4 is 36.7 Å². The van der Waals surface area contributed by atoms with Crippen molar-refractivity contribution in [3.63, 3.8) is 0 Å². The second-order valence-electron chi connectivity index (χ2n) is 10.4. The molecule has 0 bridgehead atoms. The summed E-state index contributed by atoms with van der Waals surface area (Å²) in [6.45, 7) is 6.15. The molecule has 4 aromatic rings. The molecule has 1 aliphatic rings. The van der Waals surface area contributed by atoms with Gasteiger partial charge in [-0.3, -0.25) is 14.4 Å². The molecule has 2 heterocycles. The molecule has 10 heteroatoms. The number of fused-ring (bicyclic) bond motifs is 3. The van der Waals surface area contributed by atoms with E-state index in [4.69, 9.17) is 21.3 Å². The minimum Gasteiger partial charge on any atom is -0.497 e. The Morgan fingerprint density at radius 3 is 2.60 bits per heavy atom. The van der Waals surface area contributed by atoms with Gasteiger partial charge in [0.15, 0.2) is 5.82 Å². The molecular formula is C30H32ClN5O3Si. The Balaban J connectivity index is 1.43. The van der Waals surface area contributed by atoms with Crippen molar-refractivity contribution in [3.8, 4) is 11.4 Å². The summed E-state index contributed by atoms with van der Waals surface area (Å²) in [4.78, 5) is 28.8. The van der Waals surface area contributed by atoms with Crippen LogP contribution in [-0.4, -0.2) is 53.2 Å². The molecule has 1 aliphatic heterocycles. The number of nitrogens with one attached hydrogen (secondary N) is 1. The number of carbonyl (C=O) groups excluding carboxylic acids is 1. The SMILES string of the molecule is COc1ccc2c(c1)C(c1ccc(Cl)cc1)=N[C@@H](CC(=O)NCCc1cccc([Si](C)(C)O)c1)c1nnc(C)n1-2. The van der Waals surface area contributed by atoms with Gasteiger partial charge in [0, 0.05) is 22.7 Å². The lowest BCUT2D eigenvalue weighted by atomic mass is 10.00. The molecule has 0 saturated carbocycles. The lowest BCUT2D eigenvalue weighted by Gasteiger charge is -2.16. The van der Waals surface area contributed by atoms with Gasteiger partial charge in [0.2, 0.25) is 14.2 Å². The van der Waals surface area contributed by atoms with Crippen LogP contribution in [-0.2, 0) is 11.2 Å². The van der Waals surface area contributed by atoms with Crippen LogP contribution in [0, 0.1) is 6.92 Å². The van der Waals surface area contributed by atoms with Crippen LogP contribution >= 0.6 is 11.6 Å². The monoisotopic (exact) mass is 573 g/mol. The number of aromatic nitrogens is 3. The first-order valence-corrected chi connectivity index (χ1v) is 16.5. The number of hydrogen-bond donors (Lipinski definition) is 2. The van der Waals surface area contributed by atoms with Gasteiger partial charge in [0.1, 0.15) is 17.6 Å². The molecule has 1 amide bonds. The minimum absolute atomic E-state index is 0.108. The zero-order valence-electron chi connectivity index (χ0n) is 23.0. The molecule has 1 aromatic heterocycles. The number of ether oxygens (including phenoxy) is 1. The van der Waals surface area contributed by atoms with Gasteiger partial charge in [-0.1, -0.05) is 48.0 Å². The number of benzene rings is 3. The third kappa shape index (κ3) is 5.86. The first-order valence-electron chi connectivity index (χ1n) is 13.2. The number of aliphatic imine (C=N–C) groups is 1. The Kier molecular flexibility index (Phi) is 7.89. The first kappa shape index (κ1) is 27.8. The molecule has 0 spiro atoms. The molecule has 0 aliphatic carbocycles. The predicted octanol–water partition coefficient (Wildman–Crippen LogP) is 4.28. The number of methoxy groups -OCH3 is 1. The summed E-state index contributed by atoms with van der Waals surface area (Å²) in [5, 5.41) is 13.4. The topological polar surface area (TPSA) is 102 Å². The van der Waals surface area contributed by atoms with Crippen molar-refractivity contribution in [2.45, 2.75) is 38.9 Å². The summed E-state index contributed by atoms with van der Waals surface area (Å²) in [6, 6.07) is 20.7. The Morgan fingerprint density at radius 1 is 1.10 bits per heavy atom. The number of aryl methyl sites for hydroxylation is 1. The van der Waals surface area contributed by atoms with Gasteiger partial charge >= 0.3 is 0 Å². The number of carbonyl (C=O) groups is 1. The molecule has 5 rings (SSSR count). The summed E-state index contributed by atoms with van der Waals surface area (Å²) in [7, 11) is -0.767. The minimum atomic E-state index is -2.40. The van der Waals surface area contributed by atoms with Crippen molar-refractivity contribution in [2.24, 2.45) is 4.99 Å². The second-order valence-corrected chi connectivity index (χ2v) is 14.5. The Labute approximate surface area is 239 Å². The number of hydrogen-bond acceptors (Lipinski definition) is 6. The van der Waals surface area contributed by atoms with Crippen LogP contribution in [0.3, 0.4) is 0 Å². The molecule has 0 saturated heterocycles. The lowest BCUT2D eigenvalue weighted by molar-refractivity contribution is -0.121. The van der Waals surface area contributed by atoms with E-state index >= 15 is 0 Å². The van der Waals surface area contributed by atoms with Gasteiger partial charge in [-0.05, 0) is 67.5 Å². The van der Waals surface area contributed by atoms with Crippen LogP contribution in [0.4, 0.5) is 0 Å². The summed E-state index contributed by atoms with van der Waals surface area (Å²) in [5.74, 6) is 1.87. The Bertz CT molecular complexity index is 1580. The zero-order chi connectivity index (χ0) is 28.4. The lowest BCUT2D eigenvalue weighted by Crippen LogP contribution is -2.41. The third-order valence-electron chi connectivity index (χ3n) is 7.00. The molecule has 2 N–H and O–H groups in total. The summed E-state index contributed by atoms with van der Waals surface area (Å²) < 4.78 is 7.49. The first-order chi connectivity index (χ1) is 19.1. The molecule has 40 heavy (non-hydrogen) atoms. The highest BCUT2D eigenvalue weighted by Gasteiger charge is 2.30. The average molecular weight is 574 g/mol. The van der Waals surface area contributed by atoms with Crippen LogP contribution in [0.15, 0.2) is 71.7 Å². The number of amides is 1. The van der Waals surface area contributed by atoms with E-state index in [1.165, 1.54) is 0 Å². The van der Waals surface area contributed by atoms with E-state index < -0.39 is 14.4 Å². The maximum absolute atomic E-state index is 13.2. The van der Waals surface area contributed by atoms with Crippen molar-refractivity contribution in [2.75, 3.05) is 13.7 Å². The highest BCUT2D eigenvalue weighted by atomic mass is 35.5. The Morgan fingerprint density at radius 2 is 1.88 bits per heavy atom. The Hall–Kier alpha value is -3.79. The fraction of sp³-hybridized carbons (Fsp3) is 0.267. The molecule has 0 radical (unpaired) electrons. The summed E-state index contributed by atoms with van der Waals surface area (Å²) in [5.41, 5.74) is 4.38. The molecule has 8 nitrogen and oxygen atoms in total. The van der Waals surface area contributed by atoms with Crippen LogP contribution in [0.25, 0.3) is 5.69 Å². The van der Waals surface area contributed by atoms with E-state index in [0.29, 0.717) is 35.4 Å². The smallest absolute Gasteiger partial charge is 0.222 e. The van der Waals surface area contributed by atoms with E-state index in [1.54, 1.807) is 7.11 Å². The van der Waals surface area contributed by atoms with E-state index in [-0.39, 0.29) is 12.3 Å². The van der Waals surface area contributed by atoms with Gasteiger partial charge in [-0.15, -0.1) is 10.2 Å². The summed E-state index contributed by atoms with van der Waals surface area (Å²) in [6.07, 6.45) is 0.769. The van der Waals surface area contributed by atoms with E-state index in [1.807, 2.05) is 91.3 Å². The molecule has 206 valence electrons. The zero-order valence-corrected chi connectivity index (χ0v) is 24.7. The predicted molar refractivity (Wildman–Crippen MR) is 160 cm³/mol. The van der Waals surface area contributed by atoms with E-state index in [9.17, 15) is 9.59 Å². The number of halogens is 1. The average Bonchev–Trinajstić information content (AvgIpc) is 3.25. The number of rotatable bonds is 8. The fourth-order valence-corrected chi connectivity index (χ4v) is 6.05. The summed E-state index contributed by atoms with van der Waals surface area (Å²) >= 11 is 6.18. The van der Waals surface area contributed by atoms with Crippen LogP contribution in [0.5, 0.6) is 5.75 Å². The van der Waals surface area contributed by atoms with Crippen molar-refractivity contribution in [1.82, 2.24) is 20.1 Å². The van der Waals surface area contributed by atoms with Crippen molar-refractivity contribution in [3.05, 3.63) is 100 Å². The van der Waals surface area contributed by atoms with Crippen molar-refractivity contribution in [1.29, 1.82) is 0 Å². The van der Waals surface area contributed by atoms with Gasteiger partial charge < -0.3 is 14.8 Å². The molecular weight excluding hydrogens is 542 g/mol. The second kappa shape index (κ2) is 11.4. The van der Waals surface area contributed by atoms with Gasteiger partial charge in [-0.2, -0.15) is 0 Å². The molecule has 0 fully saturated rings. The maximum Gasteiger partial charge on any atom is 0.222 e.